The quantitative estimate of drug-likeness (QED) is 0.113. The van der Waals surface area contributed by atoms with Gasteiger partial charge in [-0.1, -0.05) is 117 Å². The van der Waals surface area contributed by atoms with E-state index in [1.165, 1.54) is 24.0 Å². The predicted molar refractivity (Wildman–Crippen MR) is 194 cm³/mol. The van der Waals surface area contributed by atoms with Crippen molar-refractivity contribution >= 4 is 11.6 Å². The molecule has 0 radical (unpaired) electrons. The van der Waals surface area contributed by atoms with E-state index in [2.05, 4.69) is 81.7 Å². The summed E-state index contributed by atoms with van der Waals surface area (Å²) in [6, 6.07) is 0. The third-order valence-electron chi connectivity index (χ3n) is 11.5. The minimum atomic E-state index is -0.130. The normalized spacial score (nSPS) is 25.7. The summed E-state index contributed by atoms with van der Waals surface area (Å²) in [5.41, 5.74) is 5.22. The Bertz CT molecular complexity index is 1140. The fraction of sp³-hybridized carbons (Fsp3) is 0.721. The van der Waals surface area contributed by atoms with E-state index in [1.807, 2.05) is 6.08 Å². The molecule has 2 heteroatoms. The second-order valence-corrected chi connectivity index (χ2v) is 18.4. The number of hydrogen-bond donors (Lipinski definition) is 0. The molecule has 0 heterocycles. The van der Waals surface area contributed by atoms with Gasteiger partial charge in [-0.25, -0.2) is 0 Å². The zero-order chi connectivity index (χ0) is 33.9. The van der Waals surface area contributed by atoms with Gasteiger partial charge in [0, 0.05) is 24.7 Å². The van der Waals surface area contributed by atoms with Gasteiger partial charge in [-0.05, 0) is 109 Å². The molecule has 252 valence electrons. The lowest BCUT2D eigenvalue weighted by molar-refractivity contribution is -0.134. The molecule has 2 nitrogen and oxygen atoms in total. The summed E-state index contributed by atoms with van der Waals surface area (Å²) in [4.78, 5) is 27.9. The average molecular weight is 617 g/mol. The van der Waals surface area contributed by atoms with Gasteiger partial charge >= 0.3 is 0 Å². The Morgan fingerprint density at radius 3 is 2.04 bits per heavy atom. The second-order valence-electron chi connectivity index (χ2n) is 18.4. The van der Waals surface area contributed by atoms with E-state index in [9.17, 15) is 9.59 Å². The van der Waals surface area contributed by atoms with Crippen molar-refractivity contribution in [3.8, 4) is 0 Å². The summed E-state index contributed by atoms with van der Waals surface area (Å²) in [6.45, 7) is 40.0. The van der Waals surface area contributed by atoms with E-state index in [1.54, 1.807) is 0 Å². The van der Waals surface area contributed by atoms with Crippen LogP contribution in [0, 0.1) is 57.7 Å². The van der Waals surface area contributed by atoms with E-state index in [-0.39, 0.29) is 45.7 Å². The van der Waals surface area contributed by atoms with Gasteiger partial charge in [0.25, 0.3) is 0 Å². The molecule has 0 saturated heterocycles. The van der Waals surface area contributed by atoms with Crippen molar-refractivity contribution in [2.75, 3.05) is 0 Å². The summed E-state index contributed by atoms with van der Waals surface area (Å²) in [5, 5.41) is 0. The van der Waals surface area contributed by atoms with Gasteiger partial charge in [0.1, 0.15) is 11.6 Å². The number of allylic oxidation sites excluding steroid dienone is 5. The highest BCUT2D eigenvalue weighted by atomic mass is 16.1. The van der Waals surface area contributed by atoms with E-state index < -0.39 is 0 Å². The van der Waals surface area contributed by atoms with Crippen LogP contribution in [0.2, 0.25) is 0 Å². The van der Waals surface area contributed by atoms with Crippen molar-refractivity contribution < 1.29 is 9.59 Å². The van der Waals surface area contributed by atoms with Gasteiger partial charge in [0.15, 0.2) is 0 Å². The molecular formula is C43H68O2. The van der Waals surface area contributed by atoms with Crippen molar-refractivity contribution in [1.82, 2.24) is 0 Å². The van der Waals surface area contributed by atoms with E-state index in [0.717, 1.165) is 68.9 Å². The summed E-state index contributed by atoms with van der Waals surface area (Å²) < 4.78 is 0. The van der Waals surface area contributed by atoms with E-state index in [0.29, 0.717) is 36.4 Å². The molecule has 3 aliphatic carbocycles. The fourth-order valence-electron chi connectivity index (χ4n) is 9.34. The molecule has 3 rings (SSSR count). The Labute approximate surface area is 278 Å². The molecule has 0 N–H and O–H groups in total. The Kier molecular flexibility index (Phi) is 12.4. The highest BCUT2D eigenvalue weighted by molar-refractivity contribution is 5.90. The highest BCUT2D eigenvalue weighted by Crippen LogP contribution is 2.72. The number of fused-ring (bicyclic) bond motifs is 1. The van der Waals surface area contributed by atoms with Gasteiger partial charge in [-0.3, -0.25) is 9.59 Å². The smallest absolute Gasteiger partial charge is 0.140 e. The molecule has 0 bridgehead atoms. The molecule has 6 unspecified atom stereocenters. The summed E-state index contributed by atoms with van der Waals surface area (Å²) in [7, 11) is 0. The van der Waals surface area contributed by atoms with Crippen LogP contribution in [0.25, 0.3) is 0 Å². The monoisotopic (exact) mass is 617 g/mol. The predicted octanol–water partition coefficient (Wildman–Crippen LogP) is 12.1. The van der Waals surface area contributed by atoms with Crippen molar-refractivity contribution in [1.29, 1.82) is 0 Å². The van der Waals surface area contributed by atoms with Crippen LogP contribution >= 0.6 is 0 Å². The van der Waals surface area contributed by atoms with Crippen LogP contribution in [0.3, 0.4) is 0 Å². The minimum absolute atomic E-state index is 0.0109. The van der Waals surface area contributed by atoms with Crippen molar-refractivity contribution in [2.24, 2.45) is 57.7 Å². The molecule has 3 saturated carbocycles. The molecule has 3 aliphatic rings. The maximum Gasteiger partial charge on any atom is 0.140 e. The lowest BCUT2D eigenvalue weighted by Gasteiger charge is -2.34. The van der Waals surface area contributed by atoms with Gasteiger partial charge in [-0.15, -0.1) is 6.58 Å². The maximum atomic E-state index is 14.6. The SMILES string of the molecule is C=CCC(CC(=C)C1C(C(=O)C(CC(=O)CC(C)(C)C)C2CCCC2)CC2C1C2(C)C)C(=C)C(=C)CCCC(=C)CC(C)(C)C. The largest absolute Gasteiger partial charge is 0.300 e. The first kappa shape index (κ1) is 37.5. The zero-order valence-electron chi connectivity index (χ0n) is 30.7. The standard InChI is InChI=1S/C43H68O2/c1-14-18-33(31(5)29(3)20-17-19-28(2)26-41(6,7)8)23-30(4)38-36(25-37-39(38)43(37,12)13)40(45)35(32-21-15-16-22-32)24-34(44)27-42(9,10)11/h14,32-33,35-39H,1-5,15-27H2,6-13H3. The maximum absolute atomic E-state index is 14.6. The first-order chi connectivity index (χ1) is 20.8. The topological polar surface area (TPSA) is 34.1 Å². The second kappa shape index (κ2) is 14.9. The third-order valence-corrected chi connectivity index (χ3v) is 11.5. The Morgan fingerprint density at radius 1 is 0.889 bits per heavy atom. The van der Waals surface area contributed by atoms with Crippen molar-refractivity contribution in [2.45, 2.75) is 139 Å². The molecule has 0 aliphatic heterocycles. The molecule has 0 aromatic heterocycles. The van der Waals surface area contributed by atoms with Crippen molar-refractivity contribution in [3.05, 3.63) is 61.3 Å². The first-order valence-electron chi connectivity index (χ1n) is 18.1. The first-order valence-corrected chi connectivity index (χ1v) is 18.1. The Morgan fingerprint density at radius 2 is 1.49 bits per heavy atom. The summed E-state index contributed by atoms with van der Waals surface area (Å²) in [6.07, 6.45) is 14.2. The molecule has 0 spiro atoms. The van der Waals surface area contributed by atoms with Crippen LogP contribution in [0.4, 0.5) is 0 Å². The van der Waals surface area contributed by atoms with Crippen LogP contribution in [0.5, 0.6) is 0 Å². The Balaban J connectivity index is 1.73. The van der Waals surface area contributed by atoms with Crippen LogP contribution in [-0.2, 0) is 9.59 Å². The van der Waals surface area contributed by atoms with Gasteiger partial charge in [-0.2, -0.15) is 0 Å². The Hall–Kier alpha value is -1.96. The molecular weight excluding hydrogens is 548 g/mol. The molecule has 0 aromatic carbocycles. The van der Waals surface area contributed by atoms with Gasteiger partial charge in [0.2, 0.25) is 0 Å². The lowest BCUT2D eigenvalue weighted by Crippen LogP contribution is -2.36. The van der Waals surface area contributed by atoms with Crippen LogP contribution in [0.15, 0.2) is 61.3 Å². The summed E-state index contributed by atoms with van der Waals surface area (Å²) >= 11 is 0. The lowest BCUT2D eigenvalue weighted by atomic mass is 9.69. The molecule has 0 amide bonds. The molecule has 6 atom stereocenters. The number of rotatable bonds is 18. The number of carbonyl (C=O) groups is 2. The zero-order valence-corrected chi connectivity index (χ0v) is 30.7. The third kappa shape index (κ3) is 10.0. The van der Waals surface area contributed by atoms with E-state index >= 15 is 0 Å². The molecule has 0 aromatic rings. The number of ketones is 2. The van der Waals surface area contributed by atoms with Crippen LogP contribution in [-0.4, -0.2) is 11.6 Å². The number of carbonyl (C=O) groups excluding carboxylic acids is 2. The van der Waals surface area contributed by atoms with Gasteiger partial charge < -0.3 is 0 Å². The summed E-state index contributed by atoms with van der Waals surface area (Å²) in [5.74, 6) is 2.31. The van der Waals surface area contributed by atoms with Gasteiger partial charge in [0.05, 0.1) is 0 Å². The molecule has 3 fully saturated rings. The van der Waals surface area contributed by atoms with E-state index in [4.69, 9.17) is 6.58 Å². The van der Waals surface area contributed by atoms with Crippen molar-refractivity contribution in [3.63, 3.8) is 0 Å². The molecule has 45 heavy (non-hydrogen) atoms. The number of Topliss-reactive ketones (excluding diaryl/α,β-unsaturated/α-hetero) is 2. The minimum Gasteiger partial charge on any atom is -0.300 e. The van der Waals surface area contributed by atoms with Crippen LogP contribution < -0.4 is 0 Å². The number of hydrogen-bond acceptors (Lipinski definition) is 2. The average Bonchev–Trinajstić information content (AvgIpc) is 3.35. The fourth-order valence-corrected chi connectivity index (χ4v) is 9.34. The van der Waals surface area contributed by atoms with Crippen LogP contribution in [0.1, 0.15) is 139 Å². The highest BCUT2D eigenvalue weighted by Gasteiger charge is 2.68.